The molecule has 1 atom stereocenters. The van der Waals surface area contributed by atoms with Gasteiger partial charge in [0.25, 0.3) is 5.56 Å². The number of aliphatic hydroxyl groups is 1. The van der Waals surface area contributed by atoms with Crippen LogP contribution in [0, 0.1) is 11.6 Å². The number of nitrogens with one attached hydrogen (secondary N) is 2. The highest BCUT2D eigenvalue weighted by atomic mass is 19.1. The second-order valence-electron chi connectivity index (χ2n) is 9.36. The lowest BCUT2D eigenvalue weighted by Gasteiger charge is -2.13. The molecule has 0 radical (unpaired) electrons. The van der Waals surface area contributed by atoms with Crippen LogP contribution in [0.2, 0.25) is 0 Å². The Labute approximate surface area is 236 Å². The molecule has 2 aromatic carbocycles. The van der Waals surface area contributed by atoms with Gasteiger partial charge in [-0.05, 0) is 55.8 Å². The molecule has 0 aliphatic rings. The van der Waals surface area contributed by atoms with Crippen molar-refractivity contribution in [2.75, 3.05) is 11.9 Å². The fraction of sp³-hybridized carbons (Fsp3) is 0.214. The van der Waals surface area contributed by atoms with Gasteiger partial charge < -0.3 is 15.2 Å². The van der Waals surface area contributed by atoms with Crippen molar-refractivity contribution in [1.82, 2.24) is 29.5 Å². The van der Waals surface area contributed by atoms with Crippen molar-refractivity contribution in [2.24, 2.45) is 0 Å². The molecule has 0 amide bonds. The van der Waals surface area contributed by atoms with E-state index in [1.807, 2.05) is 0 Å². The predicted octanol–water partition coefficient (Wildman–Crippen LogP) is 2.97. The molecule has 3 heterocycles. The average Bonchev–Trinajstić information content (AvgIpc) is 3.39. The summed E-state index contributed by atoms with van der Waals surface area (Å²) in [7, 11) is 0. The van der Waals surface area contributed by atoms with Crippen LogP contribution < -0.4 is 21.3 Å². The Hall–Kier alpha value is -5.24. The van der Waals surface area contributed by atoms with Crippen molar-refractivity contribution in [3.63, 3.8) is 0 Å². The van der Waals surface area contributed by atoms with Crippen LogP contribution in [-0.4, -0.2) is 53.1 Å². The highest BCUT2D eigenvalue weighted by Crippen LogP contribution is 2.34. The summed E-state index contributed by atoms with van der Waals surface area (Å²) in [5.74, 6) is -1.61. The number of hydrogen-bond donors (Lipinski definition) is 3. The fourth-order valence-corrected chi connectivity index (χ4v) is 4.23. The van der Waals surface area contributed by atoms with Crippen LogP contribution in [-0.2, 0) is 13.0 Å². The van der Waals surface area contributed by atoms with Gasteiger partial charge in [-0.2, -0.15) is 10.2 Å². The van der Waals surface area contributed by atoms with Crippen molar-refractivity contribution >= 4 is 22.6 Å². The number of carbonyl (C=O) groups is 1. The highest BCUT2D eigenvalue weighted by molar-refractivity contribution is 5.95. The number of aromatic nitrogens is 6. The first kappa shape index (κ1) is 28.3. The third-order valence-corrected chi connectivity index (χ3v) is 6.35. The van der Waals surface area contributed by atoms with Crippen LogP contribution in [0.1, 0.15) is 29.9 Å². The van der Waals surface area contributed by atoms with Crippen LogP contribution in [0.4, 0.5) is 14.6 Å². The summed E-state index contributed by atoms with van der Waals surface area (Å²) in [5.41, 5.74) is -1.58. The lowest BCUT2D eigenvalue weighted by Crippen LogP contribution is -2.43. The number of Topliss-reactive ketones (excluding diaryl/α,β-unsaturated/α-hetero) is 1. The first-order chi connectivity index (χ1) is 20.2. The van der Waals surface area contributed by atoms with Crippen LogP contribution in [0.25, 0.3) is 16.7 Å². The molecule has 216 valence electrons. The molecule has 0 spiro atoms. The van der Waals surface area contributed by atoms with Crippen molar-refractivity contribution < 1.29 is 23.4 Å². The second kappa shape index (κ2) is 11.7. The minimum atomic E-state index is -0.969. The maximum atomic E-state index is 15.2. The Morgan fingerprint density at radius 2 is 1.88 bits per heavy atom. The Bertz CT molecular complexity index is 1900. The third kappa shape index (κ3) is 5.51. The third-order valence-electron chi connectivity index (χ3n) is 6.35. The summed E-state index contributed by atoms with van der Waals surface area (Å²) in [5, 5.41) is 23.7. The Morgan fingerprint density at radius 3 is 2.57 bits per heavy atom. The molecule has 0 bridgehead atoms. The standard InChI is InChI=1S/C28H25F2N7O5/c1-3-36-28(41)37(18-7-5-17(29)6-8-18)27(40)24(35-36)20(39)13-16-4-9-21(19(30)12-16)42-22-10-11-31-25-23(22)26(34-33-25)32-15(2)14-38/h4-12,15,38H,3,13-14H2,1-2H3,(H2,31,32,33,34)/t15-/m1/s1. The van der Waals surface area contributed by atoms with Gasteiger partial charge in [0.15, 0.2) is 34.5 Å². The zero-order valence-corrected chi connectivity index (χ0v) is 22.5. The normalized spacial score (nSPS) is 11.9. The number of ketones is 1. The molecule has 0 aliphatic carbocycles. The summed E-state index contributed by atoms with van der Waals surface area (Å²) in [4.78, 5) is 43.3. The Balaban J connectivity index is 1.42. The van der Waals surface area contributed by atoms with Gasteiger partial charge in [0.05, 0.1) is 12.3 Å². The SMILES string of the molecule is CCn1nc(C(=O)Cc2ccc(Oc3ccnc4[nH]nc(N[C@H](C)CO)c34)c(F)c2)c(=O)n(-c2ccc(F)cc2)c1=O. The molecule has 5 rings (SSSR count). The monoisotopic (exact) mass is 577 g/mol. The second-order valence-corrected chi connectivity index (χ2v) is 9.36. The number of pyridine rings is 1. The lowest BCUT2D eigenvalue weighted by molar-refractivity contribution is 0.0983. The maximum absolute atomic E-state index is 15.2. The number of fused-ring (bicyclic) bond motifs is 1. The van der Waals surface area contributed by atoms with Gasteiger partial charge in [-0.15, -0.1) is 0 Å². The largest absolute Gasteiger partial charge is 0.453 e. The van der Waals surface area contributed by atoms with E-state index in [4.69, 9.17) is 4.74 Å². The van der Waals surface area contributed by atoms with E-state index in [0.29, 0.717) is 16.9 Å². The topological polar surface area (TPSA) is 157 Å². The summed E-state index contributed by atoms with van der Waals surface area (Å²) >= 11 is 0. The zero-order chi connectivity index (χ0) is 30.0. The summed E-state index contributed by atoms with van der Waals surface area (Å²) in [6.07, 6.45) is 1.07. The number of aliphatic hydroxyl groups excluding tert-OH is 1. The van der Waals surface area contributed by atoms with Gasteiger partial charge in [-0.25, -0.2) is 27.8 Å². The molecule has 5 aromatic rings. The van der Waals surface area contributed by atoms with E-state index in [2.05, 4.69) is 25.6 Å². The number of nitrogens with zero attached hydrogens (tertiary/aromatic N) is 5. The fourth-order valence-electron chi connectivity index (χ4n) is 4.23. The van der Waals surface area contributed by atoms with E-state index in [1.165, 1.54) is 36.5 Å². The number of hydrogen-bond acceptors (Lipinski definition) is 9. The number of aryl methyl sites for hydroxylation is 1. The summed E-state index contributed by atoms with van der Waals surface area (Å²) in [6, 6.07) is 9.77. The number of aromatic amines is 1. The van der Waals surface area contributed by atoms with E-state index in [0.717, 1.165) is 27.4 Å². The minimum absolute atomic E-state index is 0.0658. The van der Waals surface area contributed by atoms with Gasteiger partial charge in [0.1, 0.15) is 17.0 Å². The summed E-state index contributed by atoms with van der Waals surface area (Å²) < 4.78 is 36.1. The first-order valence-corrected chi connectivity index (χ1v) is 12.9. The van der Waals surface area contributed by atoms with Crippen molar-refractivity contribution in [3.05, 3.63) is 98.5 Å². The molecule has 3 N–H and O–H groups in total. The molecule has 14 heteroatoms. The zero-order valence-electron chi connectivity index (χ0n) is 22.5. The van der Waals surface area contributed by atoms with Crippen LogP contribution >= 0.6 is 0 Å². The van der Waals surface area contributed by atoms with Gasteiger partial charge in [0, 0.05) is 31.3 Å². The number of halogens is 2. The number of anilines is 1. The number of carbonyl (C=O) groups excluding carboxylic acids is 1. The number of benzene rings is 2. The smallest absolute Gasteiger partial charge is 0.352 e. The molecule has 0 saturated heterocycles. The average molecular weight is 578 g/mol. The number of ether oxygens (including phenoxy) is 1. The molecule has 0 saturated carbocycles. The van der Waals surface area contributed by atoms with Gasteiger partial charge in [-0.3, -0.25) is 14.7 Å². The van der Waals surface area contributed by atoms with Crippen molar-refractivity contribution in [2.45, 2.75) is 32.9 Å². The van der Waals surface area contributed by atoms with Gasteiger partial charge in [0.2, 0.25) is 0 Å². The van der Waals surface area contributed by atoms with E-state index in [9.17, 15) is 23.9 Å². The van der Waals surface area contributed by atoms with Crippen molar-refractivity contribution in [1.29, 1.82) is 0 Å². The predicted molar refractivity (Wildman–Crippen MR) is 148 cm³/mol. The molecule has 12 nitrogen and oxygen atoms in total. The molecule has 3 aromatic heterocycles. The van der Waals surface area contributed by atoms with E-state index >= 15 is 4.39 Å². The van der Waals surface area contributed by atoms with Gasteiger partial charge in [-0.1, -0.05) is 6.07 Å². The molecule has 0 unspecified atom stereocenters. The Morgan fingerprint density at radius 1 is 1.12 bits per heavy atom. The van der Waals surface area contributed by atoms with Crippen LogP contribution in [0.15, 0.2) is 64.3 Å². The Kier molecular flexibility index (Phi) is 7.88. The quantitative estimate of drug-likeness (QED) is 0.212. The van der Waals surface area contributed by atoms with E-state index < -0.39 is 34.4 Å². The number of H-pyrrole nitrogens is 1. The molecular weight excluding hydrogens is 552 g/mol. The lowest BCUT2D eigenvalue weighted by atomic mass is 10.1. The van der Waals surface area contributed by atoms with E-state index in [1.54, 1.807) is 13.8 Å². The van der Waals surface area contributed by atoms with E-state index in [-0.39, 0.29) is 48.4 Å². The molecular formula is C28H25F2N7O5. The van der Waals surface area contributed by atoms with Crippen LogP contribution in [0.3, 0.4) is 0 Å². The minimum Gasteiger partial charge on any atom is -0.453 e. The molecule has 42 heavy (non-hydrogen) atoms. The molecule has 0 fully saturated rings. The maximum Gasteiger partial charge on any atom is 0.352 e. The highest BCUT2D eigenvalue weighted by Gasteiger charge is 2.22. The van der Waals surface area contributed by atoms with Crippen molar-refractivity contribution in [3.8, 4) is 17.2 Å². The van der Waals surface area contributed by atoms with Crippen LogP contribution in [0.5, 0.6) is 11.5 Å². The molecule has 0 aliphatic heterocycles. The first-order valence-electron chi connectivity index (χ1n) is 12.9. The number of rotatable bonds is 10. The summed E-state index contributed by atoms with van der Waals surface area (Å²) in [6.45, 7) is 3.29. The van der Waals surface area contributed by atoms with Gasteiger partial charge >= 0.3 is 5.69 Å².